The summed E-state index contributed by atoms with van der Waals surface area (Å²) in [5, 5.41) is 8.52. The summed E-state index contributed by atoms with van der Waals surface area (Å²) < 4.78 is 0. The van der Waals surface area contributed by atoms with Crippen molar-refractivity contribution in [2.45, 2.75) is 32.7 Å². The van der Waals surface area contributed by atoms with Crippen LogP contribution in [0, 0.1) is 5.92 Å². The molecular formula is C10H22N2O2. The van der Waals surface area contributed by atoms with E-state index in [1.165, 1.54) is 0 Å². The molecule has 4 heteroatoms. The van der Waals surface area contributed by atoms with Gasteiger partial charge >= 0.3 is 5.97 Å². The van der Waals surface area contributed by atoms with Crippen LogP contribution in [0.25, 0.3) is 0 Å². The van der Waals surface area contributed by atoms with Gasteiger partial charge in [-0.3, -0.25) is 4.79 Å². The maximum atomic E-state index is 10.4. The van der Waals surface area contributed by atoms with E-state index in [0.717, 1.165) is 13.0 Å². The van der Waals surface area contributed by atoms with E-state index in [1.54, 1.807) is 0 Å². The van der Waals surface area contributed by atoms with E-state index in [4.69, 9.17) is 10.8 Å². The lowest BCUT2D eigenvalue weighted by Gasteiger charge is -2.20. The Kier molecular flexibility index (Phi) is 6.49. The second kappa shape index (κ2) is 6.79. The minimum absolute atomic E-state index is 0.0476. The molecule has 0 saturated carbocycles. The summed E-state index contributed by atoms with van der Waals surface area (Å²) in [4.78, 5) is 12.4. The monoisotopic (exact) mass is 202 g/mol. The van der Waals surface area contributed by atoms with Crippen LogP contribution in [-0.2, 0) is 4.79 Å². The molecule has 0 amide bonds. The van der Waals surface area contributed by atoms with Gasteiger partial charge in [0, 0.05) is 12.6 Å². The Labute approximate surface area is 86.1 Å². The number of aliphatic carboxylic acids is 1. The molecule has 0 spiro atoms. The van der Waals surface area contributed by atoms with Crippen LogP contribution < -0.4 is 5.73 Å². The zero-order valence-electron chi connectivity index (χ0n) is 9.36. The Morgan fingerprint density at radius 2 is 2.07 bits per heavy atom. The van der Waals surface area contributed by atoms with Crippen LogP contribution in [-0.4, -0.2) is 42.2 Å². The molecule has 0 bridgehead atoms. The normalized spacial score (nSPS) is 13.6. The van der Waals surface area contributed by atoms with Crippen molar-refractivity contribution in [3.05, 3.63) is 0 Å². The Bertz CT molecular complexity index is 172. The summed E-state index contributed by atoms with van der Waals surface area (Å²) in [6, 6.07) is -0.260. The zero-order valence-corrected chi connectivity index (χ0v) is 9.36. The van der Waals surface area contributed by atoms with E-state index >= 15 is 0 Å². The first-order chi connectivity index (χ1) is 6.41. The van der Waals surface area contributed by atoms with Gasteiger partial charge in [-0.25, -0.2) is 0 Å². The molecule has 14 heavy (non-hydrogen) atoms. The van der Waals surface area contributed by atoms with E-state index in [-0.39, 0.29) is 12.5 Å². The highest BCUT2D eigenvalue weighted by molar-refractivity contribution is 5.67. The molecule has 0 rings (SSSR count). The largest absolute Gasteiger partial charge is 0.481 e. The summed E-state index contributed by atoms with van der Waals surface area (Å²) in [5.74, 6) is -0.150. The van der Waals surface area contributed by atoms with Crippen molar-refractivity contribution >= 4 is 5.97 Å². The molecule has 84 valence electrons. The number of nitrogens with zero attached hydrogens (tertiary/aromatic N) is 1. The number of hydrogen-bond donors (Lipinski definition) is 2. The molecule has 0 aliphatic carbocycles. The van der Waals surface area contributed by atoms with Gasteiger partial charge < -0.3 is 15.7 Å². The Balaban J connectivity index is 3.59. The van der Waals surface area contributed by atoms with Gasteiger partial charge in [0.1, 0.15) is 0 Å². The number of carbonyl (C=O) groups is 1. The van der Waals surface area contributed by atoms with Crippen molar-refractivity contribution < 1.29 is 9.90 Å². The number of hydrogen-bond acceptors (Lipinski definition) is 3. The molecule has 0 aromatic carbocycles. The van der Waals surface area contributed by atoms with Crippen molar-refractivity contribution in [3.63, 3.8) is 0 Å². The van der Waals surface area contributed by atoms with Crippen LogP contribution >= 0.6 is 0 Å². The highest BCUT2D eigenvalue weighted by Gasteiger charge is 2.10. The third-order valence-corrected chi connectivity index (χ3v) is 2.07. The fourth-order valence-electron chi connectivity index (χ4n) is 1.26. The zero-order chi connectivity index (χ0) is 11.1. The summed E-state index contributed by atoms with van der Waals surface area (Å²) in [5.41, 5.74) is 5.66. The van der Waals surface area contributed by atoms with Crippen molar-refractivity contribution in [3.8, 4) is 0 Å². The second-order valence-corrected chi connectivity index (χ2v) is 4.30. The van der Waals surface area contributed by atoms with Crippen LogP contribution in [0.4, 0.5) is 0 Å². The molecule has 1 atom stereocenters. The van der Waals surface area contributed by atoms with Gasteiger partial charge in [0.25, 0.3) is 0 Å². The van der Waals surface area contributed by atoms with Gasteiger partial charge in [0.05, 0.1) is 6.42 Å². The maximum Gasteiger partial charge on any atom is 0.304 e. The number of likely N-dealkylation sites (N-methyl/N-ethyl adjacent to an activating group) is 1. The first-order valence-corrected chi connectivity index (χ1v) is 5.07. The number of carboxylic acids is 1. The SMILES string of the molecule is CC(C)CCN(C)CC(N)CC(=O)O. The summed E-state index contributed by atoms with van der Waals surface area (Å²) in [7, 11) is 1.98. The van der Waals surface area contributed by atoms with E-state index in [1.807, 2.05) is 7.05 Å². The highest BCUT2D eigenvalue weighted by Crippen LogP contribution is 2.01. The van der Waals surface area contributed by atoms with Crippen molar-refractivity contribution in [1.29, 1.82) is 0 Å². The fraction of sp³-hybridized carbons (Fsp3) is 0.900. The van der Waals surface area contributed by atoms with E-state index in [2.05, 4.69) is 18.7 Å². The van der Waals surface area contributed by atoms with Crippen LogP contribution in [0.1, 0.15) is 26.7 Å². The third-order valence-electron chi connectivity index (χ3n) is 2.07. The maximum absolute atomic E-state index is 10.4. The predicted octanol–water partition coefficient (Wildman–Crippen LogP) is 0.766. The first-order valence-electron chi connectivity index (χ1n) is 5.07. The van der Waals surface area contributed by atoms with Gasteiger partial charge in [-0.15, -0.1) is 0 Å². The summed E-state index contributed by atoms with van der Waals surface area (Å²) in [6.07, 6.45) is 1.17. The van der Waals surface area contributed by atoms with Gasteiger partial charge in [0.15, 0.2) is 0 Å². The standard InChI is InChI=1S/C10H22N2O2/c1-8(2)4-5-12(3)7-9(11)6-10(13)14/h8-9H,4-7,11H2,1-3H3,(H,13,14). The third kappa shape index (κ3) is 8.01. The van der Waals surface area contributed by atoms with Crippen LogP contribution in [0.5, 0.6) is 0 Å². The molecule has 0 aromatic heterocycles. The quantitative estimate of drug-likeness (QED) is 0.640. The molecule has 0 radical (unpaired) electrons. The van der Waals surface area contributed by atoms with E-state index in [0.29, 0.717) is 12.5 Å². The molecule has 1 unspecified atom stereocenters. The van der Waals surface area contributed by atoms with Crippen LogP contribution in [0.15, 0.2) is 0 Å². The molecule has 0 aromatic rings. The summed E-state index contributed by atoms with van der Waals surface area (Å²) in [6.45, 7) is 5.97. The average Bonchev–Trinajstić information content (AvgIpc) is 1.98. The average molecular weight is 202 g/mol. The lowest BCUT2D eigenvalue weighted by molar-refractivity contribution is -0.137. The second-order valence-electron chi connectivity index (χ2n) is 4.30. The smallest absolute Gasteiger partial charge is 0.304 e. The van der Waals surface area contributed by atoms with Gasteiger partial charge in [-0.05, 0) is 25.9 Å². The van der Waals surface area contributed by atoms with Gasteiger partial charge in [0.2, 0.25) is 0 Å². The Hall–Kier alpha value is -0.610. The summed E-state index contributed by atoms with van der Waals surface area (Å²) >= 11 is 0. The molecule has 0 saturated heterocycles. The number of nitrogens with two attached hydrogens (primary N) is 1. The fourth-order valence-corrected chi connectivity index (χ4v) is 1.26. The minimum atomic E-state index is -0.824. The van der Waals surface area contributed by atoms with Crippen molar-refractivity contribution in [2.24, 2.45) is 11.7 Å². The number of carboxylic acid groups (broad SMARTS) is 1. The van der Waals surface area contributed by atoms with Crippen LogP contribution in [0.3, 0.4) is 0 Å². The molecule has 0 aliphatic heterocycles. The van der Waals surface area contributed by atoms with E-state index in [9.17, 15) is 4.79 Å². The predicted molar refractivity (Wildman–Crippen MR) is 57.2 cm³/mol. The molecular weight excluding hydrogens is 180 g/mol. The van der Waals surface area contributed by atoms with Crippen molar-refractivity contribution in [1.82, 2.24) is 4.90 Å². The minimum Gasteiger partial charge on any atom is -0.481 e. The lowest BCUT2D eigenvalue weighted by atomic mass is 10.1. The van der Waals surface area contributed by atoms with E-state index < -0.39 is 5.97 Å². The topological polar surface area (TPSA) is 66.6 Å². The Morgan fingerprint density at radius 1 is 1.50 bits per heavy atom. The number of rotatable bonds is 7. The highest BCUT2D eigenvalue weighted by atomic mass is 16.4. The molecule has 4 nitrogen and oxygen atoms in total. The molecule has 3 N–H and O–H groups in total. The molecule has 0 fully saturated rings. The Morgan fingerprint density at radius 3 is 2.50 bits per heavy atom. The first kappa shape index (κ1) is 13.4. The lowest BCUT2D eigenvalue weighted by Crippen LogP contribution is -2.37. The molecule has 0 aliphatic rings. The van der Waals surface area contributed by atoms with Gasteiger partial charge in [-0.2, -0.15) is 0 Å². The van der Waals surface area contributed by atoms with Crippen molar-refractivity contribution in [2.75, 3.05) is 20.1 Å². The van der Waals surface area contributed by atoms with Gasteiger partial charge in [-0.1, -0.05) is 13.8 Å². The van der Waals surface area contributed by atoms with Crippen LogP contribution in [0.2, 0.25) is 0 Å². The molecule has 0 heterocycles.